The second kappa shape index (κ2) is 8.30. The fraction of sp³-hybridized carbons (Fsp3) is 0.333. The Morgan fingerprint density at radius 2 is 2.24 bits per heavy atom. The van der Waals surface area contributed by atoms with Gasteiger partial charge < -0.3 is 14.6 Å². The number of carbonyl (C=O) groups excluding carboxylic acids is 2. The molecule has 0 unspecified atom stereocenters. The van der Waals surface area contributed by atoms with Crippen LogP contribution in [0, 0.1) is 12.8 Å². The molecule has 8 heteroatoms. The number of hydrogen-bond donors (Lipinski definition) is 2. The molecule has 1 saturated heterocycles. The zero-order chi connectivity index (χ0) is 20.2. The minimum Gasteiger partial charge on any atom is -0.460 e. The van der Waals surface area contributed by atoms with E-state index in [0.717, 1.165) is 18.6 Å². The first kappa shape index (κ1) is 18.9. The van der Waals surface area contributed by atoms with E-state index >= 15 is 0 Å². The van der Waals surface area contributed by atoms with Gasteiger partial charge in [-0.05, 0) is 49.9 Å². The summed E-state index contributed by atoms with van der Waals surface area (Å²) >= 11 is 0. The number of H-pyrrole nitrogens is 1. The molecule has 3 aromatic heterocycles. The summed E-state index contributed by atoms with van der Waals surface area (Å²) in [4.78, 5) is 30.8. The molecule has 0 saturated carbocycles. The van der Waals surface area contributed by atoms with E-state index in [2.05, 4.69) is 20.5 Å². The van der Waals surface area contributed by atoms with Gasteiger partial charge in [0.15, 0.2) is 11.5 Å². The Morgan fingerprint density at radius 1 is 1.34 bits per heavy atom. The molecule has 29 heavy (non-hydrogen) atoms. The highest BCUT2D eigenvalue weighted by atomic mass is 16.3. The predicted octanol–water partition coefficient (Wildman–Crippen LogP) is 2.66. The summed E-state index contributed by atoms with van der Waals surface area (Å²) in [6, 6.07) is 8.90. The zero-order valence-corrected chi connectivity index (χ0v) is 16.2. The summed E-state index contributed by atoms with van der Waals surface area (Å²) in [5.41, 5.74) is 1.58. The van der Waals surface area contributed by atoms with Gasteiger partial charge in [0.2, 0.25) is 0 Å². The molecular formula is C21H23N5O3. The Bertz CT molecular complexity index is 995. The Morgan fingerprint density at radius 3 is 3.00 bits per heavy atom. The van der Waals surface area contributed by atoms with E-state index in [0.29, 0.717) is 42.3 Å². The Balaban J connectivity index is 1.35. The smallest absolute Gasteiger partial charge is 0.274 e. The van der Waals surface area contributed by atoms with Gasteiger partial charge >= 0.3 is 0 Å². The summed E-state index contributed by atoms with van der Waals surface area (Å²) in [6.07, 6.45) is 5.04. The van der Waals surface area contributed by atoms with Gasteiger partial charge in [0.25, 0.3) is 11.8 Å². The van der Waals surface area contributed by atoms with Gasteiger partial charge in [0, 0.05) is 38.1 Å². The first-order valence-electron chi connectivity index (χ1n) is 9.70. The van der Waals surface area contributed by atoms with Gasteiger partial charge in [0.05, 0.1) is 5.56 Å². The van der Waals surface area contributed by atoms with Crippen molar-refractivity contribution in [3.8, 4) is 11.5 Å². The number of hydrogen-bond acceptors (Lipinski definition) is 5. The fourth-order valence-corrected chi connectivity index (χ4v) is 3.55. The number of pyridine rings is 1. The molecule has 0 bridgehead atoms. The summed E-state index contributed by atoms with van der Waals surface area (Å²) in [6.45, 7) is 3.67. The van der Waals surface area contributed by atoms with Gasteiger partial charge in [-0.2, -0.15) is 5.10 Å². The number of furan rings is 1. The number of amides is 2. The fourth-order valence-electron chi connectivity index (χ4n) is 3.55. The Kier molecular flexibility index (Phi) is 5.41. The second-order valence-electron chi connectivity index (χ2n) is 7.29. The monoisotopic (exact) mass is 393 g/mol. The third kappa shape index (κ3) is 4.37. The summed E-state index contributed by atoms with van der Waals surface area (Å²) in [5.74, 6) is 1.41. The third-order valence-electron chi connectivity index (χ3n) is 5.08. The van der Waals surface area contributed by atoms with Crippen LogP contribution in [0.2, 0.25) is 0 Å². The van der Waals surface area contributed by atoms with Gasteiger partial charge in [0.1, 0.15) is 11.5 Å². The molecule has 2 N–H and O–H groups in total. The van der Waals surface area contributed by atoms with E-state index in [4.69, 9.17) is 4.42 Å². The molecular weight excluding hydrogens is 370 g/mol. The molecule has 0 aromatic carbocycles. The van der Waals surface area contributed by atoms with Crippen molar-refractivity contribution in [3.05, 3.63) is 59.7 Å². The van der Waals surface area contributed by atoms with Crippen LogP contribution in [-0.4, -0.2) is 51.5 Å². The maximum Gasteiger partial charge on any atom is 0.274 e. The zero-order valence-electron chi connectivity index (χ0n) is 16.2. The van der Waals surface area contributed by atoms with Crippen molar-refractivity contribution in [1.82, 2.24) is 25.4 Å². The van der Waals surface area contributed by atoms with Crippen LogP contribution < -0.4 is 5.32 Å². The molecule has 4 heterocycles. The molecule has 1 fully saturated rings. The van der Waals surface area contributed by atoms with E-state index in [1.54, 1.807) is 35.5 Å². The lowest BCUT2D eigenvalue weighted by atomic mass is 9.97. The first-order valence-corrected chi connectivity index (χ1v) is 9.70. The second-order valence-corrected chi connectivity index (χ2v) is 7.29. The van der Waals surface area contributed by atoms with Crippen molar-refractivity contribution in [2.75, 3.05) is 19.6 Å². The van der Waals surface area contributed by atoms with Crippen molar-refractivity contribution in [2.45, 2.75) is 19.8 Å². The molecule has 1 aliphatic rings. The van der Waals surface area contributed by atoms with Crippen LogP contribution in [0.5, 0.6) is 0 Å². The Hall–Kier alpha value is -3.42. The molecule has 0 radical (unpaired) electrons. The highest BCUT2D eigenvalue weighted by Gasteiger charge is 2.26. The average Bonchev–Trinajstić information content (AvgIpc) is 3.41. The van der Waals surface area contributed by atoms with E-state index in [1.165, 1.54) is 0 Å². The van der Waals surface area contributed by atoms with Crippen LogP contribution in [0.3, 0.4) is 0 Å². The van der Waals surface area contributed by atoms with E-state index in [-0.39, 0.29) is 17.7 Å². The lowest BCUT2D eigenvalue weighted by Gasteiger charge is -2.32. The topological polar surface area (TPSA) is 104 Å². The van der Waals surface area contributed by atoms with Crippen molar-refractivity contribution in [3.63, 3.8) is 0 Å². The number of likely N-dealkylation sites (tertiary alicyclic amines) is 1. The maximum atomic E-state index is 12.9. The average molecular weight is 393 g/mol. The van der Waals surface area contributed by atoms with Gasteiger partial charge in [-0.3, -0.25) is 19.7 Å². The van der Waals surface area contributed by atoms with Crippen LogP contribution in [0.4, 0.5) is 0 Å². The highest BCUT2D eigenvalue weighted by Crippen LogP contribution is 2.22. The summed E-state index contributed by atoms with van der Waals surface area (Å²) in [7, 11) is 0. The SMILES string of the molecule is Cc1ccc(-c2cc(C(=O)N3CCC[C@H](CNC(=O)c4cccnc4)C3)n[nH]2)o1. The lowest BCUT2D eigenvalue weighted by molar-refractivity contribution is 0.0665. The number of nitrogens with one attached hydrogen (secondary N) is 2. The van der Waals surface area contributed by atoms with Crippen molar-refractivity contribution in [2.24, 2.45) is 5.92 Å². The van der Waals surface area contributed by atoms with Crippen molar-refractivity contribution >= 4 is 11.8 Å². The third-order valence-corrected chi connectivity index (χ3v) is 5.08. The standard InChI is InChI=1S/C21H23N5O3/c1-14-6-7-19(29-14)17-10-18(25-24-17)21(28)26-9-3-4-15(13-26)11-23-20(27)16-5-2-8-22-12-16/h2,5-8,10,12,15H,3-4,9,11,13H2,1H3,(H,23,27)(H,24,25)/t15-/m1/s1. The molecule has 150 valence electrons. The molecule has 1 atom stereocenters. The van der Waals surface area contributed by atoms with Gasteiger partial charge in [-0.1, -0.05) is 0 Å². The van der Waals surface area contributed by atoms with Crippen LogP contribution in [-0.2, 0) is 0 Å². The molecule has 0 spiro atoms. The van der Waals surface area contributed by atoms with Crippen LogP contribution in [0.15, 0.2) is 47.1 Å². The lowest BCUT2D eigenvalue weighted by Crippen LogP contribution is -2.43. The summed E-state index contributed by atoms with van der Waals surface area (Å²) in [5, 5.41) is 9.98. The molecule has 0 aliphatic carbocycles. The number of nitrogens with zero attached hydrogens (tertiary/aromatic N) is 3. The van der Waals surface area contributed by atoms with Crippen molar-refractivity contribution in [1.29, 1.82) is 0 Å². The van der Waals surface area contributed by atoms with E-state index < -0.39 is 0 Å². The largest absolute Gasteiger partial charge is 0.460 e. The van der Waals surface area contributed by atoms with Gasteiger partial charge in [-0.15, -0.1) is 0 Å². The number of aromatic amines is 1. The number of aryl methyl sites for hydroxylation is 1. The molecule has 1 aliphatic heterocycles. The number of piperidine rings is 1. The van der Waals surface area contributed by atoms with E-state index in [1.807, 2.05) is 19.1 Å². The molecule has 8 nitrogen and oxygen atoms in total. The predicted molar refractivity (Wildman–Crippen MR) is 106 cm³/mol. The first-order chi connectivity index (χ1) is 14.1. The quantitative estimate of drug-likeness (QED) is 0.693. The Labute approximate surface area is 168 Å². The number of carbonyl (C=O) groups is 2. The van der Waals surface area contributed by atoms with Crippen molar-refractivity contribution < 1.29 is 14.0 Å². The maximum absolute atomic E-state index is 12.9. The van der Waals surface area contributed by atoms with Crippen LogP contribution >= 0.6 is 0 Å². The van der Waals surface area contributed by atoms with Crippen LogP contribution in [0.1, 0.15) is 39.4 Å². The van der Waals surface area contributed by atoms with Gasteiger partial charge in [-0.25, -0.2) is 0 Å². The minimum atomic E-state index is -0.146. The highest BCUT2D eigenvalue weighted by molar-refractivity contribution is 5.94. The van der Waals surface area contributed by atoms with Crippen LogP contribution in [0.25, 0.3) is 11.5 Å². The van der Waals surface area contributed by atoms with E-state index in [9.17, 15) is 9.59 Å². The normalized spacial score (nSPS) is 16.6. The number of aromatic nitrogens is 3. The minimum absolute atomic E-state index is 0.112. The molecule has 2 amide bonds. The summed E-state index contributed by atoms with van der Waals surface area (Å²) < 4.78 is 5.58. The number of rotatable bonds is 5. The molecule has 3 aromatic rings. The molecule has 4 rings (SSSR count).